The van der Waals surface area contributed by atoms with E-state index in [1.165, 1.54) is 18.2 Å². The number of aromatic nitrogens is 3. The SMILES string of the molecule is C[C@H]1CCC[C@H](C)N1C(=O)CSc1nnc(-c2ccc(Cl)cc2)n1-c1ccc(Cl)cc1. The molecule has 1 aliphatic heterocycles. The molecule has 2 aromatic carbocycles. The molecule has 1 aliphatic rings. The molecule has 31 heavy (non-hydrogen) atoms. The topological polar surface area (TPSA) is 51.0 Å². The fraction of sp³-hybridized carbons (Fsp3) is 0.348. The normalized spacial score (nSPS) is 18.9. The molecule has 0 bridgehead atoms. The number of carbonyl (C=O) groups is 1. The monoisotopic (exact) mass is 474 g/mol. The molecule has 4 rings (SSSR count). The molecule has 5 nitrogen and oxygen atoms in total. The maximum absolute atomic E-state index is 13.0. The summed E-state index contributed by atoms with van der Waals surface area (Å²) in [6.07, 6.45) is 3.29. The maximum atomic E-state index is 13.0. The average Bonchev–Trinajstić information content (AvgIpc) is 3.17. The maximum Gasteiger partial charge on any atom is 0.233 e. The first kappa shape index (κ1) is 22.2. The molecule has 0 aliphatic carbocycles. The molecule has 162 valence electrons. The minimum Gasteiger partial charge on any atom is -0.337 e. The van der Waals surface area contributed by atoms with Gasteiger partial charge < -0.3 is 4.90 Å². The van der Waals surface area contributed by atoms with Crippen LogP contribution in [0.25, 0.3) is 17.1 Å². The van der Waals surface area contributed by atoms with Crippen LogP contribution in [0.15, 0.2) is 53.7 Å². The second kappa shape index (κ2) is 9.63. The zero-order chi connectivity index (χ0) is 22.0. The van der Waals surface area contributed by atoms with E-state index < -0.39 is 0 Å². The summed E-state index contributed by atoms with van der Waals surface area (Å²) in [7, 11) is 0. The van der Waals surface area contributed by atoms with Crippen LogP contribution in [0.3, 0.4) is 0 Å². The Kier molecular flexibility index (Phi) is 6.89. The number of hydrogen-bond acceptors (Lipinski definition) is 4. The number of amides is 1. The van der Waals surface area contributed by atoms with Crippen LogP contribution in [-0.2, 0) is 4.79 Å². The second-order valence-electron chi connectivity index (χ2n) is 7.84. The number of likely N-dealkylation sites (tertiary alicyclic amines) is 1. The van der Waals surface area contributed by atoms with Crippen LogP contribution in [-0.4, -0.2) is 43.4 Å². The third kappa shape index (κ3) is 4.92. The molecule has 1 fully saturated rings. The van der Waals surface area contributed by atoms with Crippen molar-refractivity contribution in [1.29, 1.82) is 0 Å². The fourth-order valence-electron chi connectivity index (χ4n) is 4.09. The van der Waals surface area contributed by atoms with Crippen molar-refractivity contribution in [3.8, 4) is 17.1 Å². The predicted octanol–water partition coefficient (Wildman–Crippen LogP) is 6.12. The van der Waals surface area contributed by atoms with Gasteiger partial charge in [0, 0.05) is 33.4 Å². The average molecular weight is 475 g/mol. The first-order valence-corrected chi connectivity index (χ1v) is 12.1. The third-order valence-electron chi connectivity index (χ3n) is 5.63. The molecular formula is C23H24Cl2N4OS. The van der Waals surface area contributed by atoms with Gasteiger partial charge in [0.15, 0.2) is 11.0 Å². The largest absolute Gasteiger partial charge is 0.337 e. The van der Waals surface area contributed by atoms with Crippen molar-refractivity contribution in [3.05, 3.63) is 58.6 Å². The number of carbonyl (C=O) groups excluding carboxylic acids is 1. The highest BCUT2D eigenvalue weighted by Crippen LogP contribution is 2.30. The van der Waals surface area contributed by atoms with Crippen molar-refractivity contribution >= 4 is 40.9 Å². The highest BCUT2D eigenvalue weighted by molar-refractivity contribution is 7.99. The number of benzene rings is 2. The Bertz CT molecular complexity index is 1040. The lowest BCUT2D eigenvalue weighted by Gasteiger charge is -2.39. The molecule has 1 aromatic heterocycles. The fourth-order valence-corrected chi connectivity index (χ4v) is 5.16. The molecule has 2 atom stereocenters. The van der Waals surface area contributed by atoms with Gasteiger partial charge in [-0.25, -0.2) is 0 Å². The van der Waals surface area contributed by atoms with E-state index in [1.54, 1.807) is 0 Å². The number of thioether (sulfide) groups is 1. The van der Waals surface area contributed by atoms with Crippen LogP contribution >= 0.6 is 35.0 Å². The molecule has 1 amide bonds. The van der Waals surface area contributed by atoms with Crippen LogP contribution in [0.2, 0.25) is 10.0 Å². The van der Waals surface area contributed by atoms with E-state index in [4.69, 9.17) is 23.2 Å². The summed E-state index contributed by atoms with van der Waals surface area (Å²) < 4.78 is 1.96. The number of halogens is 2. The summed E-state index contributed by atoms with van der Waals surface area (Å²) in [4.78, 5) is 15.0. The van der Waals surface area contributed by atoms with Gasteiger partial charge in [-0.05, 0) is 81.6 Å². The van der Waals surface area contributed by atoms with Gasteiger partial charge in [0.2, 0.25) is 5.91 Å². The molecule has 0 unspecified atom stereocenters. The molecule has 8 heteroatoms. The Morgan fingerprint density at radius 3 is 2.16 bits per heavy atom. The van der Waals surface area contributed by atoms with Crippen LogP contribution in [0, 0.1) is 0 Å². The van der Waals surface area contributed by atoms with Crippen molar-refractivity contribution in [1.82, 2.24) is 19.7 Å². The summed E-state index contributed by atoms with van der Waals surface area (Å²) in [5, 5.41) is 10.8. The predicted molar refractivity (Wildman–Crippen MR) is 127 cm³/mol. The van der Waals surface area contributed by atoms with Gasteiger partial charge in [0.25, 0.3) is 0 Å². The van der Waals surface area contributed by atoms with E-state index >= 15 is 0 Å². The smallest absolute Gasteiger partial charge is 0.233 e. The number of rotatable bonds is 5. The Balaban J connectivity index is 1.63. The van der Waals surface area contributed by atoms with Crippen molar-refractivity contribution in [2.75, 3.05) is 5.75 Å². The van der Waals surface area contributed by atoms with Crippen LogP contribution in [0.4, 0.5) is 0 Å². The molecule has 1 saturated heterocycles. The van der Waals surface area contributed by atoms with Crippen molar-refractivity contribution < 1.29 is 4.79 Å². The quantitative estimate of drug-likeness (QED) is 0.417. The highest BCUT2D eigenvalue weighted by Gasteiger charge is 2.29. The minimum atomic E-state index is 0.142. The second-order valence-corrected chi connectivity index (χ2v) is 9.66. The van der Waals surface area contributed by atoms with Gasteiger partial charge in [0.05, 0.1) is 5.75 Å². The third-order valence-corrected chi connectivity index (χ3v) is 7.04. The van der Waals surface area contributed by atoms with Gasteiger partial charge >= 0.3 is 0 Å². The molecule has 0 spiro atoms. The lowest BCUT2D eigenvalue weighted by Crippen LogP contribution is -2.48. The van der Waals surface area contributed by atoms with Crippen molar-refractivity contribution in [3.63, 3.8) is 0 Å². The molecular weight excluding hydrogens is 451 g/mol. The summed E-state index contributed by atoms with van der Waals surface area (Å²) in [5.74, 6) is 1.15. The van der Waals surface area contributed by atoms with E-state index in [1.807, 2.05) is 58.0 Å². The lowest BCUT2D eigenvalue weighted by molar-refractivity contribution is -0.134. The van der Waals surface area contributed by atoms with E-state index in [0.717, 1.165) is 24.1 Å². The highest BCUT2D eigenvalue weighted by atomic mass is 35.5. The van der Waals surface area contributed by atoms with Crippen molar-refractivity contribution in [2.45, 2.75) is 50.4 Å². The summed E-state index contributed by atoms with van der Waals surface area (Å²) in [5.41, 5.74) is 1.78. The first-order valence-electron chi connectivity index (χ1n) is 10.4. The summed E-state index contributed by atoms with van der Waals surface area (Å²) in [6, 6.07) is 15.5. The molecule has 2 heterocycles. The number of hydrogen-bond donors (Lipinski definition) is 0. The lowest BCUT2D eigenvalue weighted by atomic mass is 9.98. The Hall–Kier alpha value is -2.02. The zero-order valence-electron chi connectivity index (χ0n) is 17.5. The van der Waals surface area contributed by atoms with Gasteiger partial charge in [-0.2, -0.15) is 0 Å². The first-order chi connectivity index (χ1) is 14.9. The minimum absolute atomic E-state index is 0.142. The molecule has 0 radical (unpaired) electrons. The standard InChI is InChI=1S/C23H24Cl2N4OS/c1-15-4-3-5-16(2)28(15)21(30)14-31-23-27-26-22(17-6-8-18(24)9-7-17)29(23)20-12-10-19(25)11-13-20/h6-13,15-16H,3-5,14H2,1-2H3/t15-,16-/m0/s1. The molecule has 0 saturated carbocycles. The van der Waals surface area contributed by atoms with E-state index in [2.05, 4.69) is 24.0 Å². The van der Waals surface area contributed by atoms with E-state index in [9.17, 15) is 4.79 Å². The van der Waals surface area contributed by atoms with Crippen LogP contribution in [0.5, 0.6) is 0 Å². The van der Waals surface area contributed by atoms with Crippen molar-refractivity contribution in [2.24, 2.45) is 0 Å². The Morgan fingerprint density at radius 2 is 1.55 bits per heavy atom. The van der Waals surface area contributed by atoms with E-state index in [0.29, 0.717) is 26.8 Å². The number of nitrogens with zero attached hydrogens (tertiary/aromatic N) is 4. The van der Waals surface area contributed by atoms with Crippen LogP contribution in [0.1, 0.15) is 33.1 Å². The van der Waals surface area contributed by atoms with Crippen LogP contribution < -0.4 is 0 Å². The molecule has 0 N–H and O–H groups in total. The van der Waals surface area contributed by atoms with E-state index in [-0.39, 0.29) is 18.0 Å². The molecule has 3 aromatic rings. The Morgan fingerprint density at radius 1 is 0.968 bits per heavy atom. The zero-order valence-corrected chi connectivity index (χ0v) is 19.8. The summed E-state index contributed by atoms with van der Waals surface area (Å²) >= 11 is 13.6. The van der Waals surface area contributed by atoms with Gasteiger partial charge in [0.1, 0.15) is 0 Å². The van der Waals surface area contributed by atoms with Gasteiger partial charge in [-0.1, -0.05) is 35.0 Å². The van der Waals surface area contributed by atoms with Gasteiger partial charge in [-0.15, -0.1) is 10.2 Å². The number of piperidine rings is 1. The summed E-state index contributed by atoms with van der Waals surface area (Å²) in [6.45, 7) is 4.26. The Labute approximate surface area is 196 Å². The van der Waals surface area contributed by atoms with Gasteiger partial charge in [-0.3, -0.25) is 9.36 Å².